The van der Waals surface area contributed by atoms with Gasteiger partial charge in [-0.05, 0) is 18.4 Å². The van der Waals surface area contributed by atoms with Crippen LogP contribution < -0.4 is 5.73 Å². The topological polar surface area (TPSA) is 26.0 Å². The van der Waals surface area contributed by atoms with Gasteiger partial charge in [-0.1, -0.05) is 38.2 Å². The van der Waals surface area contributed by atoms with Crippen molar-refractivity contribution >= 4 is 0 Å². The first-order valence-electron chi connectivity index (χ1n) is 6.37. The quantitative estimate of drug-likeness (QED) is 0.849. The van der Waals surface area contributed by atoms with Crippen LogP contribution in [0.3, 0.4) is 0 Å². The molecule has 0 heterocycles. The van der Waals surface area contributed by atoms with Crippen LogP contribution in [0.5, 0.6) is 0 Å². The molecule has 1 fully saturated rings. The third kappa shape index (κ3) is 3.25. The summed E-state index contributed by atoms with van der Waals surface area (Å²) < 4.78 is 26.3. The molecule has 1 unspecified atom stereocenters. The predicted molar refractivity (Wildman–Crippen MR) is 64.5 cm³/mol. The fraction of sp³-hybridized carbons (Fsp3) is 0.571. The first-order chi connectivity index (χ1) is 8.16. The second-order valence-corrected chi connectivity index (χ2v) is 5.01. The van der Waals surface area contributed by atoms with Crippen molar-refractivity contribution in [2.24, 2.45) is 11.7 Å². The smallest absolute Gasteiger partial charge is 0.130 e. The minimum Gasteiger partial charge on any atom is -0.324 e. The Labute approximate surface area is 101 Å². The summed E-state index contributed by atoms with van der Waals surface area (Å²) in [6.07, 6.45) is 7.00. The van der Waals surface area contributed by atoms with E-state index in [1.54, 1.807) is 0 Å². The van der Waals surface area contributed by atoms with E-state index in [0.29, 0.717) is 11.5 Å². The molecular formula is C14H19F2N. The molecule has 1 atom stereocenters. The minimum absolute atomic E-state index is 0.307. The number of benzene rings is 1. The summed E-state index contributed by atoms with van der Waals surface area (Å²) in [5.74, 6) is -0.465. The third-order valence-electron chi connectivity index (χ3n) is 3.67. The Balaban J connectivity index is 2.00. The lowest BCUT2D eigenvalue weighted by Gasteiger charge is -2.24. The van der Waals surface area contributed by atoms with Crippen LogP contribution in [-0.2, 0) is 0 Å². The maximum absolute atomic E-state index is 13.5. The Morgan fingerprint density at radius 2 is 1.88 bits per heavy atom. The van der Waals surface area contributed by atoms with Crippen molar-refractivity contribution in [1.29, 1.82) is 0 Å². The molecule has 0 aromatic heterocycles. The van der Waals surface area contributed by atoms with Gasteiger partial charge in [-0.3, -0.25) is 0 Å². The van der Waals surface area contributed by atoms with Gasteiger partial charge in [0.1, 0.15) is 11.6 Å². The summed E-state index contributed by atoms with van der Waals surface area (Å²) in [6.45, 7) is 0. The van der Waals surface area contributed by atoms with E-state index in [4.69, 9.17) is 5.73 Å². The van der Waals surface area contributed by atoms with Crippen LogP contribution in [-0.4, -0.2) is 0 Å². The normalized spacial score (nSPS) is 19.2. The maximum atomic E-state index is 13.5. The molecule has 0 aliphatic heterocycles. The maximum Gasteiger partial charge on any atom is 0.130 e. The van der Waals surface area contributed by atoms with Crippen LogP contribution >= 0.6 is 0 Å². The van der Waals surface area contributed by atoms with E-state index in [-0.39, 0.29) is 6.04 Å². The van der Waals surface area contributed by atoms with Crippen molar-refractivity contribution in [2.75, 3.05) is 0 Å². The molecule has 0 radical (unpaired) electrons. The summed E-state index contributed by atoms with van der Waals surface area (Å²) in [6, 6.07) is 3.35. The number of halogens is 2. The van der Waals surface area contributed by atoms with E-state index in [9.17, 15) is 8.78 Å². The van der Waals surface area contributed by atoms with E-state index in [0.717, 1.165) is 12.5 Å². The standard InChI is InChI=1S/C14H19F2N/c15-11-6-7-12(13(16)9-11)14(17)8-10-4-2-1-3-5-10/h6-7,9-10,14H,1-5,8,17H2. The summed E-state index contributed by atoms with van der Waals surface area (Å²) >= 11 is 0. The SMILES string of the molecule is NC(CC1CCCCC1)c1ccc(F)cc1F. The van der Waals surface area contributed by atoms with Crippen LogP contribution in [0.15, 0.2) is 18.2 Å². The largest absolute Gasteiger partial charge is 0.324 e. The number of hydrogen-bond acceptors (Lipinski definition) is 1. The van der Waals surface area contributed by atoms with E-state index in [2.05, 4.69) is 0 Å². The Bertz CT molecular complexity index is 372. The highest BCUT2D eigenvalue weighted by Crippen LogP contribution is 2.31. The second-order valence-electron chi connectivity index (χ2n) is 5.01. The molecule has 17 heavy (non-hydrogen) atoms. The Morgan fingerprint density at radius 3 is 2.53 bits per heavy atom. The van der Waals surface area contributed by atoms with E-state index >= 15 is 0 Å². The third-order valence-corrected chi connectivity index (χ3v) is 3.67. The van der Waals surface area contributed by atoms with Gasteiger partial charge in [-0.2, -0.15) is 0 Å². The minimum atomic E-state index is -0.545. The zero-order valence-electron chi connectivity index (χ0n) is 9.96. The Kier molecular flexibility index (Phi) is 4.11. The molecule has 1 nitrogen and oxygen atoms in total. The molecule has 94 valence electrons. The molecule has 0 spiro atoms. The predicted octanol–water partition coefficient (Wildman–Crippen LogP) is 3.94. The highest BCUT2D eigenvalue weighted by molar-refractivity contribution is 5.21. The molecule has 0 bridgehead atoms. The van der Waals surface area contributed by atoms with Gasteiger partial charge >= 0.3 is 0 Å². The summed E-state index contributed by atoms with van der Waals surface area (Å²) in [5, 5.41) is 0. The fourth-order valence-electron chi connectivity index (χ4n) is 2.71. The van der Waals surface area contributed by atoms with E-state index in [1.165, 1.54) is 44.2 Å². The average Bonchev–Trinajstić information content (AvgIpc) is 2.30. The first-order valence-corrected chi connectivity index (χ1v) is 6.37. The number of nitrogens with two attached hydrogens (primary N) is 1. The van der Waals surface area contributed by atoms with Gasteiger partial charge in [-0.15, -0.1) is 0 Å². The van der Waals surface area contributed by atoms with Crippen molar-refractivity contribution in [1.82, 2.24) is 0 Å². The second kappa shape index (κ2) is 5.58. The van der Waals surface area contributed by atoms with Crippen LogP contribution in [0.4, 0.5) is 8.78 Å². The summed E-state index contributed by atoms with van der Waals surface area (Å²) in [7, 11) is 0. The molecule has 1 aliphatic rings. The number of rotatable bonds is 3. The number of hydrogen-bond donors (Lipinski definition) is 1. The molecule has 1 saturated carbocycles. The van der Waals surface area contributed by atoms with Crippen LogP contribution in [0.25, 0.3) is 0 Å². The summed E-state index contributed by atoms with van der Waals surface area (Å²) in [4.78, 5) is 0. The molecule has 1 aromatic rings. The van der Waals surface area contributed by atoms with E-state index < -0.39 is 11.6 Å². The van der Waals surface area contributed by atoms with Crippen molar-refractivity contribution in [2.45, 2.75) is 44.6 Å². The van der Waals surface area contributed by atoms with Gasteiger partial charge in [0.25, 0.3) is 0 Å². The lowest BCUT2D eigenvalue weighted by atomic mass is 9.83. The average molecular weight is 239 g/mol. The van der Waals surface area contributed by atoms with Gasteiger partial charge in [0.05, 0.1) is 0 Å². The van der Waals surface area contributed by atoms with Crippen molar-refractivity contribution in [3.63, 3.8) is 0 Å². The molecule has 2 rings (SSSR count). The highest BCUT2D eigenvalue weighted by Gasteiger charge is 2.19. The zero-order chi connectivity index (χ0) is 12.3. The molecule has 1 aliphatic carbocycles. The fourth-order valence-corrected chi connectivity index (χ4v) is 2.71. The molecule has 1 aromatic carbocycles. The van der Waals surface area contributed by atoms with Gasteiger partial charge in [-0.25, -0.2) is 8.78 Å². The molecule has 0 amide bonds. The van der Waals surface area contributed by atoms with Crippen LogP contribution in [0.2, 0.25) is 0 Å². The summed E-state index contributed by atoms with van der Waals surface area (Å²) in [5.41, 5.74) is 6.46. The van der Waals surface area contributed by atoms with Gasteiger partial charge in [0, 0.05) is 17.7 Å². The lowest BCUT2D eigenvalue weighted by Crippen LogP contribution is -2.18. The van der Waals surface area contributed by atoms with Gasteiger partial charge < -0.3 is 5.73 Å². The molecule has 2 N–H and O–H groups in total. The molecule has 3 heteroatoms. The Hall–Kier alpha value is -0.960. The van der Waals surface area contributed by atoms with Crippen LogP contribution in [0.1, 0.15) is 50.1 Å². The van der Waals surface area contributed by atoms with Gasteiger partial charge in [0.2, 0.25) is 0 Å². The molecule has 0 saturated heterocycles. The molecular weight excluding hydrogens is 220 g/mol. The van der Waals surface area contributed by atoms with Crippen molar-refractivity contribution in [3.8, 4) is 0 Å². The van der Waals surface area contributed by atoms with Gasteiger partial charge in [0.15, 0.2) is 0 Å². The highest BCUT2D eigenvalue weighted by atomic mass is 19.1. The zero-order valence-corrected chi connectivity index (χ0v) is 9.96. The van der Waals surface area contributed by atoms with Crippen LogP contribution in [0, 0.1) is 17.6 Å². The Morgan fingerprint density at radius 1 is 1.18 bits per heavy atom. The lowest BCUT2D eigenvalue weighted by molar-refractivity contribution is 0.317. The monoisotopic (exact) mass is 239 g/mol. The van der Waals surface area contributed by atoms with E-state index in [1.807, 2.05) is 0 Å². The van der Waals surface area contributed by atoms with Crippen molar-refractivity contribution < 1.29 is 8.78 Å². The van der Waals surface area contributed by atoms with Crippen molar-refractivity contribution in [3.05, 3.63) is 35.4 Å². The first kappa shape index (κ1) is 12.5.